The molecule has 2 aromatic rings. The van der Waals surface area contributed by atoms with Crippen LogP contribution in [0.1, 0.15) is 22.8 Å². The Kier molecular flexibility index (Phi) is 6.24. The number of nitrogens with zero attached hydrogens (tertiary/aromatic N) is 3. The normalized spacial score (nSPS) is 15.0. The third-order valence-corrected chi connectivity index (χ3v) is 4.78. The fourth-order valence-electron chi connectivity index (χ4n) is 3.20. The average Bonchev–Trinajstić information content (AvgIpc) is 3.21. The van der Waals surface area contributed by atoms with Crippen molar-refractivity contribution in [3.05, 3.63) is 59.8 Å². The van der Waals surface area contributed by atoms with Crippen LogP contribution in [-0.4, -0.2) is 65.8 Å². The van der Waals surface area contributed by atoms with E-state index in [4.69, 9.17) is 4.42 Å². The SMILES string of the molecule is CCN(Cc1cccc(F)c1)C(=O)CN1CCN(C(=O)c2ccoc2)CC1. The fraction of sp³-hybridized carbons (Fsp3) is 0.400. The van der Waals surface area contributed by atoms with Crippen LogP contribution >= 0.6 is 0 Å². The summed E-state index contributed by atoms with van der Waals surface area (Å²) in [5.41, 5.74) is 1.33. The second-order valence-corrected chi connectivity index (χ2v) is 6.62. The predicted molar refractivity (Wildman–Crippen MR) is 98.5 cm³/mol. The first kappa shape index (κ1) is 19.1. The van der Waals surface area contributed by atoms with E-state index < -0.39 is 0 Å². The molecule has 1 fully saturated rings. The van der Waals surface area contributed by atoms with Crippen LogP contribution < -0.4 is 0 Å². The summed E-state index contributed by atoms with van der Waals surface area (Å²) in [5.74, 6) is -0.332. The average molecular weight is 373 g/mol. The molecule has 0 aliphatic carbocycles. The molecule has 0 atom stereocenters. The van der Waals surface area contributed by atoms with Gasteiger partial charge < -0.3 is 14.2 Å². The van der Waals surface area contributed by atoms with E-state index in [0.717, 1.165) is 5.56 Å². The Bertz CT molecular complexity index is 771. The van der Waals surface area contributed by atoms with E-state index in [1.165, 1.54) is 24.7 Å². The first-order valence-corrected chi connectivity index (χ1v) is 9.13. The van der Waals surface area contributed by atoms with Gasteiger partial charge in [0.15, 0.2) is 0 Å². The summed E-state index contributed by atoms with van der Waals surface area (Å²) in [7, 11) is 0. The van der Waals surface area contributed by atoms with Crippen molar-refractivity contribution in [2.75, 3.05) is 39.3 Å². The van der Waals surface area contributed by atoms with Gasteiger partial charge in [-0.15, -0.1) is 0 Å². The Morgan fingerprint density at radius 1 is 1.19 bits per heavy atom. The monoisotopic (exact) mass is 373 g/mol. The topological polar surface area (TPSA) is 57.0 Å². The van der Waals surface area contributed by atoms with Crippen LogP contribution in [0.25, 0.3) is 0 Å². The maximum atomic E-state index is 13.3. The number of likely N-dealkylation sites (N-methyl/N-ethyl adjacent to an activating group) is 1. The van der Waals surface area contributed by atoms with Gasteiger partial charge in [0, 0.05) is 39.3 Å². The summed E-state index contributed by atoms with van der Waals surface area (Å²) < 4.78 is 18.3. The summed E-state index contributed by atoms with van der Waals surface area (Å²) in [6.07, 6.45) is 2.93. The first-order chi connectivity index (χ1) is 13.1. The molecule has 0 saturated carbocycles. The molecule has 1 saturated heterocycles. The highest BCUT2D eigenvalue weighted by molar-refractivity contribution is 5.93. The van der Waals surface area contributed by atoms with Gasteiger partial charge in [-0.2, -0.15) is 0 Å². The number of furan rings is 1. The van der Waals surface area contributed by atoms with Gasteiger partial charge in [0.25, 0.3) is 5.91 Å². The molecule has 6 nitrogen and oxygen atoms in total. The first-order valence-electron chi connectivity index (χ1n) is 9.13. The zero-order chi connectivity index (χ0) is 19.2. The number of hydrogen-bond donors (Lipinski definition) is 0. The van der Waals surface area contributed by atoms with Gasteiger partial charge in [-0.25, -0.2) is 4.39 Å². The van der Waals surface area contributed by atoms with Crippen LogP contribution in [0.3, 0.4) is 0 Å². The highest BCUT2D eigenvalue weighted by atomic mass is 19.1. The van der Waals surface area contributed by atoms with E-state index in [2.05, 4.69) is 4.90 Å². The summed E-state index contributed by atoms with van der Waals surface area (Å²) >= 11 is 0. The van der Waals surface area contributed by atoms with Crippen LogP contribution in [0.2, 0.25) is 0 Å². The third kappa shape index (κ3) is 4.95. The Morgan fingerprint density at radius 3 is 2.59 bits per heavy atom. The second-order valence-electron chi connectivity index (χ2n) is 6.62. The van der Waals surface area contributed by atoms with Gasteiger partial charge in [0.2, 0.25) is 5.91 Å². The van der Waals surface area contributed by atoms with Crippen molar-refractivity contribution < 1.29 is 18.4 Å². The summed E-state index contributed by atoms with van der Waals surface area (Å²) in [6, 6.07) is 7.98. The summed E-state index contributed by atoms with van der Waals surface area (Å²) in [4.78, 5) is 30.5. The molecule has 144 valence electrons. The molecule has 1 aliphatic rings. The van der Waals surface area contributed by atoms with E-state index in [-0.39, 0.29) is 17.6 Å². The highest BCUT2D eigenvalue weighted by Crippen LogP contribution is 2.11. The molecule has 0 N–H and O–H groups in total. The van der Waals surface area contributed by atoms with Gasteiger partial charge >= 0.3 is 0 Å². The molecular formula is C20H24FN3O3. The molecule has 0 radical (unpaired) electrons. The van der Waals surface area contributed by atoms with Crippen LogP contribution in [-0.2, 0) is 11.3 Å². The van der Waals surface area contributed by atoms with Crippen molar-refractivity contribution in [3.8, 4) is 0 Å². The van der Waals surface area contributed by atoms with Crippen LogP contribution in [0.15, 0.2) is 47.3 Å². The lowest BCUT2D eigenvalue weighted by atomic mass is 10.2. The van der Waals surface area contributed by atoms with Crippen molar-refractivity contribution in [2.45, 2.75) is 13.5 Å². The molecule has 0 unspecified atom stereocenters. The van der Waals surface area contributed by atoms with Crippen molar-refractivity contribution in [3.63, 3.8) is 0 Å². The standard InChI is InChI=1S/C20H24FN3O3/c1-2-23(13-16-4-3-5-18(21)12-16)19(25)14-22-7-9-24(10-8-22)20(26)17-6-11-27-15-17/h3-6,11-12,15H,2,7-10,13-14H2,1H3. The minimum atomic E-state index is -0.297. The predicted octanol–water partition coefficient (Wildman–Crippen LogP) is 2.23. The van der Waals surface area contributed by atoms with Gasteiger partial charge in [-0.05, 0) is 30.7 Å². The number of piperazine rings is 1. The third-order valence-electron chi connectivity index (χ3n) is 4.78. The molecule has 0 bridgehead atoms. The Hall–Kier alpha value is -2.67. The van der Waals surface area contributed by atoms with Gasteiger partial charge in [-0.3, -0.25) is 14.5 Å². The largest absolute Gasteiger partial charge is 0.472 e. The number of hydrogen-bond acceptors (Lipinski definition) is 4. The number of amides is 2. The molecule has 1 aliphatic heterocycles. The lowest BCUT2D eigenvalue weighted by Gasteiger charge is -2.35. The molecular weight excluding hydrogens is 349 g/mol. The summed E-state index contributed by atoms with van der Waals surface area (Å²) in [6.45, 7) is 5.62. The van der Waals surface area contributed by atoms with Gasteiger partial charge in [-0.1, -0.05) is 12.1 Å². The molecule has 1 aromatic heterocycles. The van der Waals surface area contributed by atoms with E-state index in [1.54, 1.807) is 21.9 Å². The highest BCUT2D eigenvalue weighted by Gasteiger charge is 2.25. The molecule has 2 amide bonds. The Labute approximate surface area is 158 Å². The quantitative estimate of drug-likeness (QED) is 0.779. The Balaban J connectivity index is 1.50. The van der Waals surface area contributed by atoms with Crippen molar-refractivity contribution in [1.82, 2.24) is 14.7 Å². The number of halogens is 1. The molecule has 7 heteroatoms. The Morgan fingerprint density at radius 2 is 1.96 bits per heavy atom. The minimum Gasteiger partial charge on any atom is -0.472 e. The van der Waals surface area contributed by atoms with Crippen molar-refractivity contribution in [1.29, 1.82) is 0 Å². The lowest BCUT2D eigenvalue weighted by molar-refractivity contribution is -0.133. The molecule has 2 heterocycles. The number of benzene rings is 1. The van der Waals surface area contributed by atoms with E-state index >= 15 is 0 Å². The lowest BCUT2D eigenvalue weighted by Crippen LogP contribution is -2.51. The van der Waals surface area contributed by atoms with Gasteiger partial charge in [0.1, 0.15) is 12.1 Å². The number of carbonyl (C=O) groups is 2. The van der Waals surface area contributed by atoms with Crippen molar-refractivity contribution >= 4 is 11.8 Å². The molecule has 3 rings (SSSR count). The maximum Gasteiger partial charge on any atom is 0.257 e. The van der Waals surface area contributed by atoms with Crippen molar-refractivity contribution in [2.24, 2.45) is 0 Å². The smallest absolute Gasteiger partial charge is 0.257 e. The second kappa shape index (κ2) is 8.81. The minimum absolute atomic E-state index is 0.0105. The zero-order valence-corrected chi connectivity index (χ0v) is 15.4. The molecule has 27 heavy (non-hydrogen) atoms. The maximum absolute atomic E-state index is 13.3. The zero-order valence-electron chi connectivity index (χ0n) is 15.4. The number of carbonyl (C=O) groups excluding carboxylic acids is 2. The van der Waals surface area contributed by atoms with Gasteiger partial charge in [0.05, 0.1) is 18.4 Å². The van der Waals surface area contributed by atoms with E-state index in [9.17, 15) is 14.0 Å². The fourth-order valence-corrected chi connectivity index (χ4v) is 3.20. The van der Waals surface area contributed by atoms with E-state index in [0.29, 0.717) is 51.4 Å². The molecule has 0 spiro atoms. The summed E-state index contributed by atoms with van der Waals surface area (Å²) in [5, 5.41) is 0. The van der Waals surface area contributed by atoms with E-state index in [1.807, 2.05) is 13.0 Å². The van der Waals surface area contributed by atoms with Crippen LogP contribution in [0.4, 0.5) is 4.39 Å². The number of rotatable bonds is 6. The van der Waals surface area contributed by atoms with Crippen LogP contribution in [0, 0.1) is 5.82 Å². The molecule has 1 aromatic carbocycles. The van der Waals surface area contributed by atoms with Crippen LogP contribution in [0.5, 0.6) is 0 Å².